The number of nitrogens with zero attached hydrogens (tertiary/aromatic N) is 3. The van der Waals surface area contributed by atoms with Crippen molar-refractivity contribution < 1.29 is 0 Å². The molecule has 0 radical (unpaired) electrons. The number of hydrogen-bond acceptors (Lipinski definition) is 3. The van der Waals surface area contributed by atoms with Crippen LogP contribution in [-0.2, 0) is 0 Å². The van der Waals surface area contributed by atoms with E-state index in [0.29, 0.717) is 15.6 Å². The highest BCUT2D eigenvalue weighted by Crippen LogP contribution is 2.20. The predicted molar refractivity (Wildman–Crippen MR) is 105 cm³/mol. The monoisotopic (exact) mass is 418 g/mol. The molecule has 3 aromatic rings. The number of nitrogens with one attached hydrogen (secondary N) is 1. The number of rotatable bonds is 4. The van der Waals surface area contributed by atoms with E-state index in [1.165, 1.54) is 0 Å². The lowest BCUT2D eigenvalue weighted by atomic mass is 10.2. The van der Waals surface area contributed by atoms with Crippen LogP contribution >= 0.6 is 39.7 Å². The van der Waals surface area contributed by atoms with E-state index in [0.717, 1.165) is 15.6 Å². The summed E-state index contributed by atoms with van der Waals surface area (Å²) in [6.45, 7) is 0. The first-order chi connectivity index (χ1) is 11.6. The van der Waals surface area contributed by atoms with E-state index in [4.69, 9.17) is 23.8 Å². The van der Waals surface area contributed by atoms with E-state index in [1.54, 1.807) is 23.0 Å². The molecule has 1 aromatic heterocycles. The first-order valence-electron chi connectivity index (χ1n) is 7.03. The van der Waals surface area contributed by atoms with Crippen LogP contribution in [0.15, 0.2) is 64.2 Å². The van der Waals surface area contributed by atoms with Crippen LogP contribution in [0.2, 0.25) is 5.02 Å². The van der Waals surface area contributed by atoms with Gasteiger partial charge in [-0.15, -0.1) is 0 Å². The molecule has 0 aliphatic rings. The molecular formula is C17H12BrClN4S. The molecule has 120 valence electrons. The minimum atomic E-state index is 0.413. The summed E-state index contributed by atoms with van der Waals surface area (Å²) in [7, 11) is 0. The third-order valence-electron chi connectivity index (χ3n) is 3.15. The zero-order valence-electron chi connectivity index (χ0n) is 12.4. The van der Waals surface area contributed by atoms with E-state index < -0.39 is 0 Å². The summed E-state index contributed by atoms with van der Waals surface area (Å²) >= 11 is 14.7. The smallest absolute Gasteiger partial charge is 0.216 e. The Morgan fingerprint density at radius 1 is 1.17 bits per heavy atom. The number of H-pyrrole nitrogens is 1. The van der Waals surface area contributed by atoms with Gasteiger partial charge in [0, 0.05) is 15.1 Å². The van der Waals surface area contributed by atoms with Gasteiger partial charge in [0.1, 0.15) is 0 Å². The Morgan fingerprint density at radius 2 is 1.88 bits per heavy atom. The van der Waals surface area contributed by atoms with Crippen molar-refractivity contribution >= 4 is 52.0 Å². The van der Waals surface area contributed by atoms with Gasteiger partial charge in [0.25, 0.3) is 0 Å². The number of halogens is 2. The van der Waals surface area contributed by atoms with Crippen LogP contribution in [0.5, 0.6) is 0 Å². The van der Waals surface area contributed by atoms with E-state index in [1.807, 2.05) is 48.5 Å². The number of hydrogen-bond donors (Lipinski definition) is 1. The predicted octanol–water partition coefficient (Wildman–Crippen LogP) is 5.53. The molecule has 1 N–H and O–H groups in total. The van der Waals surface area contributed by atoms with Crippen molar-refractivity contribution in [2.24, 2.45) is 5.10 Å². The number of aromatic amines is 1. The second-order valence-electron chi connectivity index (χ2n) is 4.86. The molecule has 0 spiro atoms. The molecule has 7 heteroatoms. The molecule has 0 bridgehead atoms. The zero-order valence-corrected chi connectivity index (χ0v) is 15.5. The fourth-order valence-electron chi connectivity index (χ4n) is 2.04. The average Bonchev–Trinajstić information content (AvgIpc) is 2.95. The van der Waals surface area contributed by atoms with Crippen molar-refractivity contribution in [2.45, 2.75) is 0 Å². The summed E-state index contributed by atoms with van der Waals surface area (Å²) in [5, 5.41) is 12.1. The number of aromatic nitrogens is 3. The topological polar surface area (TPSA) is 46.0 Å². The molecule has 0 aliphatic heterocycles. The van der Waals surface area contributed by atoms with Crippen molar-refractivity contribution in [3.63, 3.8) is 0 Å². The minimum Gasteiger partial charge on any atom is -0.250 e. The Morgan fingerprint density at radius 3 is 2.58 bits per heavy atom. The van der Waals surface area contributed by atoms with Crippen LogP contribution in [0, 0.1) is 4.77 Å². The maximum Gasteiger partial charge on any atom is 0.216 e. The van der Waals surface area contributed by atoms with Crippen molar-refractivity contribution in [2.75, 3.05) is 0 Å². The highest BCUT2D eigenvalue weighted by atomic mass is 79.9. The van der Waals surface area contributed by atoms with Crippen LogP contribution in [0.1, 0.15) is 5.56 Å². The first kappa shape index (κ1) is 16.8. The van der Waals surface area contributed by atoms with Crippen molar-refractivity contribution in [3.05, 3.63) is 74.4 Å². The minimum absolute atomic E-state index is 0.413. The lowest BCUT2D eigenvalue weighted by molar-refractivity contribution is 0.872. The first-order valence-corrected chi connectivity index (χ1v) is 8.61. The van der Waals surface area contributed by atoms with E-state index in [9.17, 15) is 0 Å². The largest absolute Gasteiger partial charge is 0.250 e. The maximum atomic E-state index is 5.92. The Bertz CT molecular complexity index is 943. The molecule has 2 aromatic carbocycles. The standard InChI is InChI=1S/C17H12BrClN4S/c18-14(10-12-4-2-1-3-5-12)11-20-23-16(21-22-17(23)24)13-6-8-15(19)9-7-13/h1-11H,(H,22,24)/b14-10-,20-11+. The maximum absolute atomic E-state index is 5.92. The molecule has 0 saturated carbocycles. The highest BCUT2D eigenvalue weighted by Gasteiger charge is 2.07. The summed E-state index contributed by atoms with van der Waals surface area (Å²) < 4.78 is 2.80. The van der Waals surface area contributed by atoms with Gasteiger partial charge in [-0.2, -0.15) is 14.9 Å². The molecule has 0 aliphatic carbocycles. The molecule has 0 amide bonds. The van der Waals surface area contributed by atoms with Gasteiger partial charge < -0.3 is 0 Å². The molecule has 4 nitrogen and oxygen atoms in total. The van der Waals surface area contributed by atoms with E-state index in [-0.39, 0.29) is 0 Å². The van der Waals surface area contributed by atoms with Crippen LogP contribution in [0.4, 0.5) is 0 Å². The van der Waals surface area contributed by atoms with Crippen LogP contribution in [0.3, 0.4) is 0 Å². The van der Waals surface area contributed by atoms with Gasteiger partial charge in [0.2, 0.25) is 4.77 Å². The Kier molecular flexibility index (Phi) is 5.40. The Hall–Kier alpha value is -2.02. The van der Waals surface area contributed by atoms with Crippen molar-refractivity contribution in [3.8, 4) is 11.4 Å². The van der Waals surface area contributed by atoms with Crippen LogP contribution < -0.4 is 0 Å². The fraction of sp³-hybridized carbons (Fsp3) is 0. The zero-order chi connectivity index (χ0) is 16.9. The summed E-state index contributed by atoms with van der Waals surface area (Å²) in [5.74, 6) is 0.618. The average molecular weight is 420 g/mol. The van der Waals surface area contributed by atoms with Gasteiger partial charge in [0.15, 0.2) is 5.82 Å². The lowest BCUT2D eigenvalue weighted by Gasteiger charge is -2.01. The molecule has 24 heavy (non-hydrogen) atoms. The Labute approximate surface area is 157 Å². The third kappa shape index (κ3) is 4.08. The van der Waals surface area contributed by atoms with Crippen molar-refractivity contribution in [1.29, 1.82) is 0 Å². The Balaban J connectivity index is 1.90. The molecule has 0 unspecified atom stereocenters. The second-order valence-corrected chi connectivity index (χ2v) is 6.59. The van der Waals surface area contributed by atoms with Gasteiger partial charge >= 0.3 is 0 Å². The molecule has 0 fully saturated rings. The van der Waals surface area contributed by atoms with Crippen LogP contribution in [-0.4, -0.2) is 21.1 Å². The summed E-state index contributed by atoms with van der Waals surface area (Å²) in [4.78, 5) is 0. The molecular weight excluding hydrogens is 408 g/mol. The van der Waals surface area contributed by atoms with Crippen molar-refractivity contribution in [1.82, 2.24) is 14.9 Å². The fourth-order valence-corrected chi connectivity index (χ4v) is 2.70. The summed E-state index contributed by atoms with van der Waals surface area (Å²) in [5.41, 5.74) is 1.94. The quantitative estimate of drug-likeness (QED) is 0.446. The normalized spacial score (nSPS) is 12.0. The van der Waals surface area contributed by atoms with Gasteiger partial charge in [-0.3, -0.25) is 0 Å². The van der Waals surface area contributed by atoms with Gasteiger partial charge in [-0.1, -0.05) is 41.9 Å². The summed E-state index contributed by atoms with van der Waals surface area (Å²) in [6.07, 6.45) is 3.65. The second kappa shape index (κ2) is 7.70. The SMILES string of the molecule is S=c1[nH]nc(-c2ccc(Cl)cc2)n1/N=C/C(Br)=C/c1ccccc1. The van der Waals surface area contributed by atoms with Gasteiger partial charge in [0.05, 0.1) is 6.21 Å². The van der Waals surface area contributed by atoms with E-state index >= 15 is 0 Å². The third-order valence-corrected chi connectivity index (χ3v) is 4.10. The summed E-state index contributed by atoms with van der Waals surface area (Å²) in [6, 6.07) is 17.3. The highest BCUT2D eigenvalue weighted by molar-refractivity contribution is 9.12. The van der Waals surface area contributed by atoms with Gasteiger partial charge in [-0.05, 0) is 64.1 Å². The molecule has 0 saturated heterocycles. The number of allylic oxidation sites excluding steroid dienone is 1. The molecule has 3 rings (SSSR count). The lowest BCUT2D eigenvalue weighted by Crippen LogP contribution is -1.94. The molecule has 0 atom stereocenters. The molecule has 1 heterocycles. The number of benzene rings is 2. The van der Waals surface area contributed by atoms with Gasteiger partial charge in [-0.25, -0.2) is 5.10 Å². The van der Waals surface area contributed by atoms with E-state index in [2.05, 4.69) is 31.2 Å². The van der Waals surface area contributed by atoms with Crippen LogP contribution in [0.25, 0.3) is 17.5 Å².